The van der Waals surface area contributed by atoms with Crippen LogP contribution < -0.4 is 69.3 Å². The second-order valence-corrected chi connectivity index (χ2v) is 6.24. The number of rotatable bonds is 6. The van der Waals surface area contributed by atoms with Gasteiger partial charge in [0, 0.05) is 0 Å². The van der Waals surface area contributed by atoms with E-state index in [1.54, 1.807) is 6.07 Å². The first kappa shape index (κ1) is 26.9. The molecule has 1 aromatic carbocycles. The number of carboxylic acid groups (broad SMARTS) is 2. The van der Waals surface area contributed by atoms with Gasteiger partial charge in [0.05, 0.1) is 0 Å². The van der Waals surface area contributed by atoms with Crippen molar-refractivity contribution in [3.63, 3.8) is 0 Å². The van der Waals surface area contributed by atoms with Crippen LogP contribution >= 0.6 is 0 Å². The number of carbonyl (C=O) groups excluding carboxylic acids is 2. The summed E-state index contributed by atoms with van der Waals surface area (Å²) in [7, 11) is 0. The van der Waals surface area contributed by atoms with Crippen LogP contribution in [0.25, 0.3) is 0 Å². The van der Waals surface area contributed by atoms with Gasteiger partial charge in [-0.1, -0.05) is 0 Å². The molecular weight excluding hydrogens is 487 g/mol. The fourth-order valence-corrected chi connectivity index (χ4v) is 2.58. The summed E-state index contributed by atoms with van der Waals surface area (Å²) in [5.41, 5.74) is -2.23. The van der Waals surface area contributed by atoms with E-state index in [1.165, 1.54) is 24.3 Å². The Morgan fingerprint density at radius 2 is 1.57 bits per heavy atom. The van der Waals surface area contributed by atoms with E-state index in [9.17, 15) is 24.9 Å². The molecule has 1 aromatic rings. The van der Waals surface area contributed by atoms with E-state index in [0.717, 1.165) is 0 Å². The average Bonchev–Trinajstić information content (AvgIpc) is 2.35. The van der Waals surface area contributed by atoms with E-state index < -0.39 is 29.9 Å². The van der Waals surface area contributed by atoms with Crippen molar-refractivity contribution in [2.24, 2.45) is 0 Å². The van der Waals surface area contributed by atoms with Crippen molar-refractivity contribution in [3.8, 4) is 0 Å². The Bertz CT molecular complexity index is 429. The summed E-state index contributed by atoms with van der Waals surface area (Å²) < 4.78 is 0.440. The van der Waals surface area contributed by atoms with Crippen molar-refractivity contribution in [1.82, 2.24) is 0 Å². The molecule has 0 saturated carbocycles. The number of carbonyl (C=O) groups is 2. The molecule has 0 aliphatic heterocycles. The quantitative estimate of drug-likeness (QED) is 0.307. The SMILES string of the molecule is O.O=C([O-])C(CC(O)[CH2][Hg])(C(=O)[O-])c1ccccc1.[Na+].[Na+]. The largest absolute Gasteiger partial charge is 1.00 e. The number of aliphatic carboxylic acids is 2. The monoisotopic (exact) mass is 501 g/mol. The van der Waals surface area contributed by atoms with Crippen LogP contribution in [0, 0.1) is 0 Å². The van der Waals surface area contributed by atoms with Crippen LogP contribution in [0.3, 0.4) is 0 Å². The first-order chi connectivity index (χ1) is 8.45. The van der Waals surface area contributed by atoms with Crippen LogP contribution in [0.2, 0.25) is 3.93 Å². The summed E-state index contributed by atoms with van der Waals surface area (Å²) in [6.45, 7) is 0. The normalized spacial score (nSPS) is 11.2. The molecule has 1 rings (SSSR count). The molecule has 0 bridgehead atoms. The van der Waals surface area contributed by atoms with Crippen LogP contribution in [-0.2, 0) is 41.1 Å². The predicted octanol–water partition coefficient (Wildman–Crippen LogP) is -8.68. The van der Waals surface area contributed by atoms with Crippen molar-refractivity contribution in [2.75, 3.05) is 0 Å². The van der Waals surface area contributed by atoms with Crippen molar-refractivity contribution >= 4 is 11.9 Å². The molecule has 0 spiro atoms. The zero-order chi connectivity index (χ0) is 13.8. The van der Waals surface area contributed by atoms with Crippen LogP contribution in [0.1, 0.15) is 12.0 Å². The Labute approximate surface area is 183 Å². The van der Waals surface area contributed by atoms with Gasteiger partial charge in [0.1, 0.15) is 0 Å². The van der Waals surface area contributed by atoms with E-state index in [0.29, 0.717) is 3.93 Å². The fraction of sp³-hybridized carbons (Fsp3) is 0.333. The fourth-order valence-electron chi connectivity index (χ4n) is 1.78. The van der Waals surface area contributed by atoms with Gasteiger partial charge in [-0.15, -0.1) is 0 Å². The Morgan fingerprint density at radius 1 is 1.14 bits per heavy atom. The molecule has 0 fully saturated rings. The van der Waals surface area contributed by atoms with Gasteiger partial charge in [-0.3, -0.25) is 0 Å². The van der Waals surface area contributed by atoms with E-state index in [2.05, 4.69) is 0 Å². The van der Waals surface area contributed by atoms with E-state index in [-0.39, 0.29) is 96.3 Å². The Kier molecular flexibility index (Phi) is 15.9. The van der Waals surface area contributed by atoms with Gasteiger partial charge in [-0.05, 0) is 0 Å². The maximum absolute atomic E-state index is 11.3. The van der Waals surface area contributed by atoms with Crippen LogP contribution in [0.4, 0.5) is 0 Å². The maximum atomic E-state index is 11.3. The summed E-state index contributed by atoms with van der Waals surface area (Å²) in [6, 6.07) is 7.48. The number of carboxylic acids is 2. The topological polar surface area (TPSA) is 132 Å². The Morgan fingerprint density at radius 3 is 1.90 bits per heavy atom. The van der Waals surface area contributed by atoms with Crippen molar-refractivity contribution < 1.29 is 116 Å². The van der Waals surface area contributed by atoms with Crippen molar-refractivity contribution in [3.05, 3.63) is 35.9 Å². The van der Waals surface area contributed by atoms with Gasteiger partial charge in [0.2, 0.25) is 0 Å². The molecule has 1 atom stereocenters. The molecule has 0 heterocycles. The predicted molar refractivity (Wildman–Crippen MR) is 57.2 cm³/mol. The van der Waals surface area contributed by atoms with Gasteiger partial charge in [-0.25, -0.2) is 0 Å². The molecule has 0 aliphatic rings. The van der Waals surface area contributed by atoms with Crippen molar-refractivity contribution in [2.45, 2.75) is 21.9 Å². The Balaban J connectivity index is -0.00000108. The van der Waals surface area contributed by atoms with Gasteiger partial charge in [-0.2, -0.15) is 0 Å². The molecule has 0 aliphatic carbocycles. The third-order valence-electron chi connectivity index (χ3n) is 2.84. The number of hydrogen-bond acceptors (Lipinski definition) is 5. The summed E-state index contributed by atoms with van der Waals surface area (Å²) in [6.07, 6.45) is -1.39. The molecule has 0 radical (unpaired) electrons. The molecule has 6 nitrogen and oxygen atoms in total. The van der Waals surface area contributed by atoms with Crippen LogP contribution in [0.5, 0.6) is 0 Å². The van der Waals surface area contributed by atoms with Gasteiger partial charge < -0.3 is 5.48 Å². The zero-order valence-corrected chi connectivity index (χ0v) is 21.7. The standard InChI is InChI=1S/C12H13O5.Hg.2Na.H2O/c1-8(13)7-12(10(14)15,11(16)17)9-5-3-2-4-6-9;;;;/h2-6,8,13H,1,7H2,(H,14,15)(H,16,17);;;;1H2/q;;2*+1;/p-2. The van der Waals surface area contributed by atoms with Crippen LogP contribution in [-0.4, -0.2) is 28.6 Å². The van der Waals surface area contributed by atoms with E-state index >= 15 is 0 Å². The number of hydrogen-bond donors (Lipinski definition) is 1. The summed E-state index contributed by atoms with van der Waals surface area (Å²) >= 11 is 0.249. The van der Waals surface area contributed by atoms with Gasteiger partial charge in [0.25, 0.3) is 0 Å². The smallest absolute Gasteiger partial charge is 1.00 e. The van der Waals surface area contributed by atoms with Gasteiger partial charge in [0.15, 0.2) is 0 Å². The molecule has 0 aromatic heterocycles. The molecular formula is C12H13HgNa2O6. The second-order valence-electron chi connectivity index (χ2n) is 3.99. The molecule has 0 amide bonds. The zero-order valence-electron chi connectivity index (χ0n) is 12.2. The number of benzene rings is 1. The summed E-state index contributed by atoms with van der Waals surface area (Å²) in [5, 5.41) is 32.2. The minimum atomic E-state index is -2.29. The molecule has 21 heavy (non-hydrogen) atoms. The molecule has 0 saturated heterocycles. The molecule has 1 unspecified atom stereocenters. The second kappa shape index (κ2) is 12.4. The molecule has 3 N–H and O–H groups in total. The van der Waals surface area contributed by atoms with E-state index in [4.69, 9.17) is 0 Å². The molecule has 9 heteroatoms. The van der Waals surface area contributed by atoms with Crippen molar-refractivity contribution in [1.29, 1.82) is 0 Å². The summed E-state index contributed by atoms with van der Waals surface area (Å²) in [5.74, 6) is -3.51. The first-order valence-corrected chi connectivity index (χ1v) is 9.29. The third-order valence-corrected chi connectivity index (χ3v) is 5.43. The van der Waals surface area contributed by atoms with E-state index in [1.807, 2.05) is 0 Å². The first-order valence-electron chi connectivity index (χ1n) is 5.41. The Hall–Kier alpha value is 1.02. The summed E-state index contributed by atoms with van der Waals surface area (Å²) in [4.78, 5) is 22.6. The third kappa shape index (κ3) is 6.57. The number of aliphatic hydroxyl groups is 1. The minimum Gasteiger partial charge on any atom is 1.00 e. The number of aliphatic hydroxyl groups excluding tert-OH is 1. The minimum absolute atomic E-state index is 0. The maximum Gasteiger partial charge on any atom is 1.00 e. The van der Waals surface area contributed by atoms with Gasteiger partial charge >= 0.3 is 180 Å². The molecule has 101 valence electrons. The average molecular weight is 500 g/mol. The van der Waals surface area contributed by atoms with Crippen LogP contribution in [0.15, 0.2) is 30.3 Å².